The van der Waals surface area contributed by atoms with Gasteiger partial charge in [-0.15, -0.1) is 0 Å². The summed E-state index contributed by atoms with van der Waals surface area (Å²) in [7, 11) is 0. The van der Waals surface area contributed by atoms with Gasteiger partial charge in [0.25, 0.3) is 0 Å². The molecule has 0 unspecified atom stereocenters. The van der Waals surface area contributed by atoms with Gasteiger partial charge in [-0.1, -0.05) is 0 Å². The fraction of sp³-hybridized carbons (Fsp3) is 0.583. The predicted molar refractivity (Wildman–Crippen MR) is 64.8 cm³/mol. The maximum absolute atomic E-state index is 5.65. The summed E-state index contributed by atoms with van der Waals surface area (Å²) < 4.78 is 5.60. The number of hydrogen-bond donors (Lipinski definition) is 1. The zero-order valence-corrected chi connectivity index (χ0v) is 9.72. The van der Waals surface area contributed by atoms with Crippen LogP contribution in [0.25, 0.3) is 0 Å². The summed E-state index contributed by atoms with van der Waals surface area (Å²) in [6, 6.07) is 4.48. The van der Waals surface area contributed by atoms with Crippen molar-refractivity contribution in [3.05, 3.63) is 18.3 Å². The van der Waals surface area contributed by atoms with Gasteiger partial charge in [0, 0.05) is 25.3 Å². The van der Waals surface area contributed by atoms with Gasteiger partial charge in [-0.25, -0.2) is 4.98 Å². The lowest BCUT2D eigenvalue weighted by Gasteiger charge is -2.24. The molecule has 2 N–H and O–H groups in total. The van der Waals surface area contributed by atoms with Crippen LogP contribution in [0.15, 0.2) is 18.3 Å². The first-order chi connectivity index (χ1) is 7.86. The molecule has 1 saturated carbocycles. The highest BCUT2D eigenvalue weighted by atomic mass is 16.5. The number of hydrogen-bond acceptors (Lipinski definition) is 4. The first kappa shape index (κ1) is 11.2. The third-order valence-electron chi connectivity index (χ3n) is 2.68. The minimum atomic E-state index is 0.609. The van der Waals surface area contributed by atoms with Crippen LogP contribution in [0.2, 0.25) is 0 Å². The van der Waals surface area contributed by atoms with Gasteiger partial charge in [0.2, 0.25) is 0 Å². The van der Waals surface area contributed by atoms with Crippen molar-refractivity contribution >= 4 is 5.82 Å². The van der Waals surface area contributed by atoms with Crippen LogP contribution in [0.5, 0.6) is 5.75 Å². The molecule has 0 atom stereocenters. The maximum Gasteiger partial charge on any atom is 0.171 e. The minimum Gasteiger partial charge on any atom is -0.490 e. The zero-order chi connectivity index (χ0) is 11.4. The summed E-state index contributed by atoms with van der Waals surface area (Å²) in [5, 5.41) is 0. The average molecular weight is 221 g/mol. The Balaban J connectivity index is 2.21. The Morgan fingerprint density at radius 3 is 3.00 bits per heavy atom. The molecule has 0 amide bonds. The molecule has 0 saturated heterocycles. The van der Waals surface area contributed by atoms with Crippen molar-refractivity contribution in [2.75, 3.05) is 24.6 Å². The van der Waals surface area contributed by atoms with Crippen LogP contribution in [-0.4, -0.2) is 30.7 Å². The molecule has 4 heteroatoms. The molecule has 0 aliphatic heterocycles. The number of aromatic nitrogens is 1. The van der Waals surface area contributed by atoms with E-state index in [2.05, 4.69) is 9.88 Å². The van der Waals surface area contributed by atoms with E-state index in [-0.39, 0.29) is 0 Å². The standard InChI is InChI=1S/C12H19N3O/c1-2-16-11-4-3-8-14-12(11)15(9-7-13)10-5-6-10/h3-4,8,10H,2,5-7,9,13H2,1H3. The molecule has 1 heterocycles. The van der Waals surface area contributed by atoms with Crippen molar-refractivity contribution in [2.24, 2.45) is 5.73 Å². The minimum absolute atomic E-state index is 0.609. The molecule has 16 heavy (non-hydrogen) atoms. The summed E-state index contributed by atoms with van der Waals surface area (Å²) in [4.78, 5) is 6.69. The maximum atomic E-state index is 5.65. The second kappa shape index (κ2) is 5.16. The molecule has 0 spiro atoms. The van der Waals surface area contributed by atoms with E-state index in [4.69, 9.17) is 10.5 Å². The van der Waals surface area contributed by atoms with Crippen LogP contribution in [0.4, 0.5) is 5.82 Å². The Bertz CT molecular complexity index is 339. The quantitative estimate of drug-likeness (QED) is 0.789. The number of rotatable bonds is 6. The smallest absolute Gasteiger partial charge is 0.171 e. The molecule has 4 nitrogen and oxygen atoms in total. The average Bonchev–Trinajstić information content (AvgIpc) is 3.11. The van der Waals surface area contributed by atoms with Crippen molar-refractivity contribution in [1.29, 1.82) is 0 Å². The first-order valence-electron chi connectivity index (χ1n) is 5.91. The van der Waals surface area contributed by atoms with Gasteiger partial charge in [-0.05, 0) is 31.9 Å². The number of anilines is 1. The summed E-state index contributed by atoms with van der Waals surface area (Å²) in [5.74, 6) is 1.81. The lowest BCUT2D eigenvalue weighted by molar-refractivity contribution is 0.339. The molecule has 0 radical (unpaired) electrons. The summed E-state index contributed by atoms with van der Waals surface area (Å²) in [6.07, 6.45) is 4.29. The lowest BCUT2D eigenvalue weighted by atomic mass is 10.3. The van der Waals surface area contributed by atoms with E-state index in [0.717, 1.165) is 18.1 Å². The van der Waals surface area contributed by atoms with Crippen LogP contribution in [0, 0.1) is 0 Å². The number of nitrogens with zero attached hydrogens (tertiary/aromatic N) is 2. The third kappa shape index (κ3) is 2.44. The summed E-state index contributed by atoms with van der Waals surface area (Å²) in [6.45, 7) is 4.15. The van der Waals surface area contributed by atoms with Crippen LogP contribution in [0.3, 0.4) is 0 Å². The largest absolute Gasteiger partial charge is 0.490 e. The van der Waals surface area contributed by atoms with Crippen LogP contribution in [-0.2, 0) is 0 Å². The summed E-state index contributed by atoms with van der Waals surface area (Å²) in [5.41, 5.74) is 5.65. The van der Waals surface area contributed by atoms with E-state index in [1.807, 2.05) is 25.3 Å². The normalized spacial score (nSPS) is 14.9. The van der Waals surface area contributed by atoms with E-state index in [0.29, 0.717) is 19.2 Å². The van der Waals surface area contributed by atoms with Gasteiger partial charge in [-0.3, -0.25) is 0 Å². The van der Waals surface area contributed by atoms with E-state index < -0.39 is 0 Å². The van der Waals surface area contributed by atoms with E-state index in [1.165, 1.54) is 12.8 Å². The highest BCUT2D eigenvalue weighted by Crippen LogP contribution is 2.34. The summed E-state index contributed by atoms with van der Waals surface area (Å²) >= 11 is 0. The van der Waals surface area contributed by atoms with E-state index in [9.17, 15) is 0 Å². The molecular formula is C12H19N3O. The molecule has 0 bridgehead atoms. The highest BCUT2D eigenvalue weighted by Gasteiger charge is 2.30. The van der Waals surface area contributed by atoms with Gasteiger partial charge in [-0.2, -0.15) is 0 Å². The van der Waals surface area contributed by atoms with Gasteiger partial charge in [0.1, 0.15) is 0 Å². The van der Waals surface area contributed by atoms with Crippen LogP contribution in [0.1, 0.15) is 19.8 Å². The van der Waals surface area contributed by atoms with E-state index in [1.54, 1.807) is 0 Å². The van der Waals surface area contributed by atoms with Crippen LogP contribution < -0.4 is 15.4 Å². The molecule has 1 fully saturated rings. The molecular weight excluding hydrogens is 202 g/mol. The molecule has 88 valence electrons. The molecule has 0 aromatic carbocycles. The van der Waals surface area contributed by atoms with Crippen LogP contribution >= 0.6 is 0 Å². The SMILES string of the molecule is CCOc1cccnc1N(CCN)C1CC1. The number of pyridine rings is 1. The molecule has 1 aliphatic rings. The van der Waals surface area contributed by atoms with Gasteiger partial charge in [0.05, 0.1) is 6.61 Å². The monoisotopic (exact) mass is 221 g/mol. The van der Waals surface area contributed by atoms with Gasteiger partial charge < -0.3 is 15.4 Å². The van der Waals surface area contributed by atoms with Crippen molar-refractivity contribution in [2.45, 2.75) is 25.8 Å². The zero-order valence-electron chi connectivity index (χ0n) is 9.72. The third-order valence-corrected chi connectivity index (χ3v) is 2.68. The number of nitrogens with two attached hydrogens (primary N) is 1. The second-order valence-electron chi connectivity index (χ2n) is 3.97. The van der Waals surface area contributed by atoms with Gasteiger partial charge >= 0.3 is 0 Å². The fourth-order valence-corrected chi connectivity index (χ4v) is 1.85. The Labute approximate surface area is 96.4 Å². The molecule has 1 aliphatic carbocycles. The lowest BCUT2D eigenvalue weighted by Crippen LogP contribution is -2.32. The predicted octanol–water partition coefficient (Wildman–Crippen LogP) is 1.41. The number of ether oxygens (including phenoxy) is 1. The van der Waals surface area contributed by atoms with Crippen molar-refractivity contribution < 1.29 is 4.74 Å². The van der Waals surface area contributed by atoms with Crippen molar-refractivity contribution in [3.8, 4) is 5.75 Å². The Kier molecular flexibility index (Phi) is 3.62. The second-order valence-corrected chi connectivity index (χ2v) is 3.97. The first-order valence-corrected chi connectivity index (χ1v) is 5.91. The topological polar surface area (TPSA) is 51.4 Å². The van der Waals surface area contributed by atoms with Gasteiger partial charge in [0.15, 0.2) is 11.6 Å². The Morgan fingerprint density at radius 1 is 1.56 bits per heavy atom. The molecule has 1 aromatic heterocycles. The molecule has 1 aromatic rings. The Hall–Kier alpha value is -1.29. The van der Waals surface area contributed by atoms with E-state index >= 15 is 0 Å². The highest BCUT2D eigenvalue weighted by molar-refractivity contribution is 5.53. The Morgan fingerprint density at radius 2 is 2.38 bits per heavy atom. The molecule has 2 rings (SSSR count). The fourth-order valence-electron chi connectivity index (χ4n) is 1.85. The van der Waals surface area contributed by atoms with Crippen molar-refractivity contribution in [3.63, 3.8) is 0 Å². The van der Waals surface area contributed by atoms with Crippen molar-refractivity contribution in [1.82, 2.24) is 4.98 Å².